The Bertz CT molecular complexity index is 230. The first-order chi connectivity index (χ1) is 7.95. The Morgan fingerprint density at radius 1 is 1.24 bits per heavy atom. The maximum atomic E-state index is 5.58. The van der Waals surface area contributed by atoms with E-state index in [0.29, 0.717) is 22.9 Å². The smallest absolute Gasteiger partial charge is 0.225 e. The van der Waals surface area contributed by atoms with E-state index in [-0.39, 0.29) is 0 Å². The first-order valence-corrected chi connectivity index (χ1v) is 7.41. The summed E-state index contributed by atoms with van der Waals surface area (Å²) in [7, 11) is 0. The van der Waals surface area contributed by atoms with Gasteiger partial charge in [0.1, 0.15) is 6.73 Å². The highest BCUT2D eigenvalue weighted by Crippen LogP contribution is 2.09. The Morgan fingerprint density at radius 2 is 1.76 bits per heavy atom. The van der Waals surface area contributed by atoms with Gasteiger partial charge in [-0.2, -0.15) is 0 Å². The van der Waals surface area contributed by atoms with Gasteiger partial charge in [0, 0.05) is 13.1 Å². The summed E-state index contributed by atoms with van der Waals surface area (Å²) in [4.78, 5) is 2.32. The second kappa shape index (κ2) is 9.92. The number of thioether (sulfide) groups is 1. The lowest BCUT2D eigenvalue weighted by molar-refractivity contribution is 0.0997. The van der Waals surface area contributed by atoms with Crippen LogP contribution in [0.5, 0.6) is 0 Å². The second-order valence-corrected chi connectivity index (χ2v) is 6.44. The van der Waals surface area contributed by atoms with Crippen molar-refractivity contribution in [2.45, 2.75) is 34.6 Å². The van der Waals surface area contributed by atoms with E-state index in [1.807, 2.05) is 18.4 Å². The number of allylic oxidation sites excluding steroid dienone is 1. The Hall–Kier alpha value is -0.0600. The molecule has 0 amide bonds. The highest BCUT2D eigenvalue weighted by Gasteiger charge is 2.10. The van der Waals surface area contributed by atoms with Gasteiger partial charge in [-0.05, 0) is 48.1 Å². The van der Waals surface area contributed by atoms with E-state index < -0.39 is 0 Å². The summed E-state index contributed by atoms with van der Waals surface area (Å²) in [5, 5.41) is 1.94. The van der Waals surface area contributed by atoms with E-state index >= 15 is 0 Å². The van der Waals surface area contributed by atoms with Crippen molar-refractivity contribution >= 4 is 28.4 Å². The van der Waals surface area contributed by atoms with Crippen molar-refractivity contribution in [3.63, 3.8) is 0 Å². The molecule has 0 saturated heterocycles. The third kappa shape index (κ3) is 10.8. The standard InChI is InChI=1S/C13H25NOS2/c1-6-7-17-13(16)15-10-14(8-11(2)3)9-12(4)5/h6-7,11-12H,8-10H2,1-5H3. The summed E-state index contributed by atoms with van der Waals surface area (Å²) in [5.74, 6) is 1.29. The minimum atomic E-state index is 0.597. The van der Waals surface area contributed by atoms with Crippen molar-refractivity contribution in [1.29, 1.82) is 0 Å². The van der Waals surface area contributed by atoms with Crippen LogP contribution in [0.3, 0.4) is 0 Å². The first-order valence-electron chi connectivity index (χ1n) is 6.12. The molecule has 0 unspecified atom stereocenters. The maximum Gasteiger partial charge on any atom is 0.225 e. The molecule has 0 aliphatic heterocycles. The predicted molar refractivity (Wildman–Crippen MR) is 82.2 cm³/mol. The lowest BCUT2D eigenvalue weighted by atomic mass is 10.1. The van der Waals surface area contributed by atoms with Crippen LogP contribution in [0.15, 0.2) is 11.5 Å². The van der Waals surface area contributed by atoms with Crippen LogP contribution in [0.1, 0.15) is 34.6 Å². The predicted octanol–water partition coefficient (Wildman–Crippen LogP) is 4.13. The summed E-state index contributed by atoms with van der Waals surface area (Å²) in [5.41, 5.74) is 0. The van der Waals surface area contributed by atoms with Crippen molar-refractivity contribution in [3.05, 3.63) is 11.5 Å². The van der Waals surface area contributed by atoms with Crippen molar-refractivity contribution in [2.75, 3.05) is 19.8 Å². The monoisotopic (exact) mass is 275 g/mol. The summed E-state index contributed by atoms with van der Waals surface area (Å²) in [6, 6.07) is 0. The van der Waals surface area contributed by atoms with Crippen LogP contribution < -0.4 is 0 Å². The van der Waals surface area contributed by atoms with Crippen LogP contribution in [0.2, 0.25) is 0 Å². The minimum absolute atomic E-state index is 0.597. The average molecular weight is 275 g/mol. The van der Waals surface area contributed by atoms with E-state index in [0.717, 1.165) is 13.1 Å². The van der Waals surface area contributed by atoms with Crippen molar-refractivity contribution < 1.29 is 4.74 Å². The van der Waals surface area contributed by atoms with E-state index in [9.17, 15) is 0 Å². The van der Waals surface area contributed by atoms with Crippen LogP contribution in [0.4, 0.5) is 0 Å². The number of thiocarbonyl (C=S) groups is 1. The zero-order valence-corrected chi connectivity index (χ0v) is 13.2. The lowest BCUT2D eigenvalue weighted by Gasteiger charge is -2.25. The SMILES string of the molecule is CC=CSC(=S)OCN(CC(C)C)CC(C)C. The first kappa shape index (κ1) is 16.9. The normalized spacial score (nSPS) is 12.0. The van der Waals surface area contributed by atoms with Gasteiger partial charge in [0.25, 0.3) is 0 Å². The van der Waals surface area contributed by atoms with E-state index in [4.69, 9.17) is 17.0 Å². The molecule has 17 heavy (non-hydrogen) atoms. The highest BCUT2D eigenvalue weighted by molar-refractivity contribution is 8.24. The van der Waals surface area contributed by atoms with Gasteiger partial charge in [-0.1, -0.05) is 33.8 Å². The molecule has 4 heteroatoms. The van der Waals surface area contributed by atoms with Gasteiger partial charge in [0.15, 0.2) is 0 Å². The van der Waals surface area contributed by atoms with Crippen molar-refractivity contribution in [2.24, 2.45) is 11.8 Å². The molecule has 0 heterocycles. The third-order valence-corrected chi connectivity index (χ3v) is 3.04. The lowest BCUT2D eigenvalue weighted by Crippen LogP contribution is -2.33. The Morgan fingerprint density at radius 3 is 2.18 bits per heavy atom. The van der Waals surface area contributed by atoms with Gasteiger partial charge < -0.3 is 4.74 Å². The van der Waals surface area contributed by atoms with Crippen LogP contribution in [-0.2, 0) is 4.74 Å². The Balaban J connectivity index is 4.01. The van der Waals surface area contributed by atoms with Gasteiger partial charge in [-0.25, -0.2) is 0 Å². The quantitative estimate of drug-likeness (QED) is 0.511. The molecule has 0 rings (SSSR count). The van der Waals surface area contributed by atoms with E-state index in [1.54, 1.807) is 0 Å². The molecular formula is C13H25NOS2. The number of hydrogen-bond donors (Lipinski definition) is 0. The molecule has 0 N–H and O–H groups in total. The van der Waals surface area contributed by atoms with Gasteiger partial charge in [0.2, 0.25) is 4.38 Å². The number of hydrogen-bond acceptors (Lipinski definition) is 4. The average Bonchev–Trinajstić information content (AvgIpc) is 2.21. The van der Waals surface area contributed by atoms with Crippen molar-refractivity contribution in [3.8, 4) is 0 Å². The van der Waals surface area contributed by atoms with Gasteiger partial charge >= 0.3 is 0 Å². The molecule has 0 atom stereocenters. The summed E-state index contributed by atoms with van der Waals surface area (Å²) in [6.45, 7) is 13.6. The molecule has 0 aromatic heterocycles. The fourth-order valence-corrected chi connectivity index (χ4v) is 2.10. The molecule has 0 aliphatic rings. The largest absolute Gasteiger partial charge is 0.462 e. The van der Waals surface area contributed by atoms with E-state index in [2.05, 4.69) is 32.6 Å². The molecule has 0 fully saturated rings. The fourth-order valence-electron chi connectivity index (χ4n) is 1.51. The third-order valence-electron chi connectivity index (χ3n) is 1.91. The number of nitrogens with zero attached hydrogens (tertiary/aromatic N) is 1. The molecule has 100 valence electrons. The Labute approximate surface area is 116 Å². The van der Waals surface area contributed by atoms with Crippen LogP contribution in [0.25, 0.3) is 0 Å². The molecule has 2 nitrogen and oxygen atoms in total. The zero-order chi connectivity index (χ0) is 13.3. The second-order valence-electron chi connectivity index (χ2n) is 4.93. The fraction of sp³-hybridized carbons (Fsp3) is 0.769. The van der Waals surface area contributed by atoms with Crippen LogP contribution in [-0.4, -0.2) is 29.1 Å². The molecule has 0 bridgehead atoms. The summed E-state index contributed by atoms with van der Waals surface area (Å²) < 4.78 is 6.17. The topological polar surface area (TPSA) is 12.5 Å². The molecule has 0 radical (unpaired) electrons. The van der Waals surface area contributed by atoms with Crippen LogP contribution >= 0.6 is 24.0 Å². The summed E-state index contributed by atoms with van der Waals surface area (Å²) in [6.07, 6.45) is 1.96. The van der Waals surface area contributed by atoms with Gasteiger partial charge in [-0.15, -0.1) is 0 Å². The van der Waals surface area contributed by atoms with Gasteiger partial charge in [0.05, 0.1) is 0 Å². The molecule has 0 saturated carbocycles. The zero-order valence-electron chi connectivity index (χ0n) is 11.6. The number of rotatable bonds is 7. The van der Waals surface area contributed by atoms with Gasteiger partial charge in [-0.3, -0.25) is 4.90 Å². The molecule has 0 aromatic rings. The molecule has 0 aromatic carbocycles. The molecular weight excluding hydrogens is 250 g/mol. The Kier molecular flexibility index (Phi) is 9.88. The van der Waals surface area contributed by atoms with Crippen LogP contribution in [0, 0.1) is 11.8 Å². The maximum absolute atomic E-state index is 5.58. The molecule has 0 aliphatic carbocycles. The van der Waals surface area contributed by atoms with E-state index in [1.165, 1.54) is 11.8 Å². The number of ether oxygens (including phenoxy) is 1. The van der Waals surface area contributed by atoms with Crippen molar-refractivity contribution in [1.82, 2.24) is 4.90 Å². The highest BCUT2D eigenvalue weighted by atomic mass is 32.2. The summed E-state index contributed by atoms with van der Waals surface area (Å²) >= 11 is 6.59. The molecule has 0 spiro atoms. The minimum Gasteiger partial charge on any atom is -0.462 e.